The van der Waals surface area contributed by atoms with Crippen LogP contribution in [0.5, 0.6) is 0 Å². The zero-order valence-corrected chi connectivity index (χ0v) is 16.5. The SMILES string of the molecule is O=C(O)c1cc([N+](=O)[O-])ccc1N=Cc1c(-c2ccccc2)[nH]n(-c2ccccc2)c1=O. The third kappa shape index (κ3) is 3.94. The maximum Gasteiger partial charge on any atom is 0.338 e. The summed E-state index contributed by atoms with van der Waals surface area (Å²) in [5.41, 5.74) is 0.997. The molecule has 0 bridgehead atoms. The number of nitro groups is 1. The van der Waals surface area contributed by atoms with Crippen LogP contribution < -0.4 is 5.56 Å². The lowest BCUT2D eigenvalue weighted by molar-refractivity contribution is -0.384. The van der Waals surface area contributed by atoms with Crippen molar-refractivity contribution in [2.24, 2.45) is 4.99 Å². The number of para-hydroxylation sites is 1. The number of non-ortho nitro benzene ring substituents is 1. The smallest absolute Gasteiger partial charge is 0.338 e. The van der Waals surface area contributed by atoms with Crippen LogP contribution >= 0.6 is 0 Å². The number of H-pyrrole nitrogens is 1. The van der Waals surface area contributed by atoms with E-state index >= 15 is 0 Å². The average Bonchev–Trinajstić information content (AvgIpc) is 3.14. The zero-order valence-electron chi connectivity index (χ0n) is 16.5. The minimum absolute atomic E-state index is 0.00558. The van der Waals surface area contributed by atoms with Crippen molar-refractivity contribution in [1.82, 2.24) is 9.78 Å². The van der Waals surface area contributed by atoms with E-state index in [4.69, 9.17) is 0 Å². The Hall–Kier alpha value is -4.79. The number of nitrogens with one attached hydrogen (secondary N) is 1. The molecule has 4 aromatic rings. The summed E-state index contributed by atoms with van der Waals surface area (Å²) >= 11 is 0. The molecule has 0 unspecified atom stereocenters. The van der Waals surface area contributed by atoms with Gasteiger partial charge in [-0.3, -0.25) is 25.0 Å². The van der Waals surface area contributed by atoms with E-state index in [1.165, 1.54) is 17.0 Å². The first-order valence-corrected chi connectivity index (χ1v) is 9.47. The predicted octanol–water partition coefficient (Wildman–Crippen LogP) is 4.19. The van der Waals surface area contributed by atoms with E-state index in [-0.39, 0.29) is 28.1 Å². The summed E-state index contributed by atoms with van der Waals surface area (Å²) in [6.07, 6.45) is 1.27. The molecule has 0 radical (unpaired) electrons. The standard InChI is InChI=1S/C23H16N4O5/c28-22-19(14-24-20-12-11-17(27(31)32)13-18(20)23(29)30)21(15-7-3-1-4-8-15)25-26(22)16-9-5-2-6-10-16/h1-14,25H,(H,29,30). The topological polar surface area (TPSA) is 131 Å². The largest absolute Gasteiger partial charge is 0.478 e. The third-order valence-electron chi connectivity index (χ3n) is 4.76. The fraction of sp³-hybridized carbons (Fsp3) is 0. The van der Waals surface area contributed by atoms with Crippen LogP contribution in [-0.4, -0.2) is 32.0 Å². The molecule has 32 heavy (non-hydrogen) atoms. The predicted molar refractivity (Wildman–Crippen MR) is 119 cm³/mol. The Labute approximate surface area is 181 Å². The van der Waals surface area contributed by atoms with Crippen molar-refractivity contribution in [1.29, 1.82) is 0 Å². The summed E-state index contributed by atoms with van der Waals surface area (Å²) in [6.45, 7) is 0. The fourth-order valence-corrected chi connectivity index (χ4v) is 3.21. The van der Waals surface area contributed by atoms with Gasteiger partial charge < -0.3 is 5.11 Å². The second-order valence-corrected chi connectivity index (χ2v) is 6.76. The van der Waals surface area contributed by atoms with Crippen molar-refractivity contribution in [3.63, 3.8) is 0 Å². The van der Waals surface area contributed by atoms with Crippen molar-refractivity contribution >= 4 is 23.6 Å². The van der Waals surface area contributed by atoms with Crippen LogP contribution in [0, 0.1) is 10.1 Å². The van der Waals surface area contributed by atoms with Gasteiger partial charge in [-0.2, -0.15) is 0 Å². The maximum absolute atomic E-state index is 13.2. The number of aromatic carboxylic acids is 1. The van der Waals surface area contributed by atoms with Gasteiger partial charge in [-0.1, -0.05) is 48.5 Å². The van der Waals surface area contributed by atoms with Crippen molar-refractivity contribution in [2.75, 3.05) is 0 Å². The fourth-order valence-electron chi connectivity index (χ4n) is 3.21. The molecule has 1 heterocycles. The number of carboxylic acid groups (broad SMARTS) is 1. The molecule has 9 nitrogen and oxygen atoms in total. The number of hydrogen-bond acceptors (Lipinski definition) is 5. The summed E-state index contributed by atoms with van der Waals surface area (Å²) < 4.78 is 1.37. The van der Waals surface area contributed by atoms with E-state index < -0.39 is 10.9 Å². The van der Waals surface area contributed by atoms with E-state index in [1.807, 2.05) is 36.4 Å². The molecule has 4 rings (SSSR count). The van der Waals surface area contributed by atoms with Crippen LogP contribution in [0.4, 0.5) is 11.4 Å². The van der Waals surface area contributed by atoms with Crippen molar-refractivity contribution in [3.8, 4) is 16.9 Å². The number of carboxylic acids is 1. The van der Waals surface area contributed by atoms with Crippen LogP contribution in [0.3, 0.4) is 0 Å². The molecule has 0 atom stereocenters. The highest BCUT2D eigenvalue weighted by Gasteiger charge is 2.18. The van der Waals surface area contributed by atoms with E-state index in [0.29, 0.717) is 11.4 Å². The maximum atomic E-state index is 13.2. The quantitative estimate of drug-likeness (QED) is 0.270. The Balaban J connectivity index is 1.86. The molecule has 158 valence electrons. The van der Waals surface area contributed by atoms with Gasteiger partial charge in [0.25, 0.3) is 11.2 Å². The van der Waals surface area contributed by atoms with Gasteiger partial charge in [-0.15, -0.1) is 0 Å². The normalized spacial score (nSPS) is 11.0. The van der Waals surface area contributed by atoms with Gasteiger partial charge in [-0.05, 0) is 18.2 Å². The molecule has 0 aliphatic heterocycles. The molecular formula is C23H16N4O5. The Morgan fingerprint density at radius 1 is 1.03 bits per heavy atom. The Morgan fingerprint density at radius 3 is 2.31 bits per heavy atom. The monoisotopic (exact) mass is 428 g/mol. The molecule has 0 amide bonds. The van der Waals surface area contributed by atoms with Gasteiger partial charge in [0.05, 0.1) is 33.1 Å². The van der Waals surface area contributed by atoms with Gasteiger partial charge >= 0.3 is 5.97 Å². The third-order valence-corrected chi connectivity index (χ3v) is 4.76. The van der Waals surface area contributed by atoms with Crippen molar-refractivity contribution in [3.05, 3.63) is 110 Å². The first-order valence-electron chi connectivity index (χ1n) is 9.47. The molecule has 0 saturated carbocycles. The minimum Gasteiger partial charge on any atom is -0.478 e. The van der Waals surface area contributed by atoms with E-state index in [1.54, 1.807) is 24.3 Å². The molecule has 9 heteroatoms. The Morgan fingerprint density at radius 2 is 1.69 bits per heavy atom. The van der Waals surface area contributed by atoms with Crippen LogP contribution in [0.25, 0.3) is 16.9 Å². The van der Waals surface area contributed by atoms with Gasteiger partial charge in [0.15, 0.2) is 0 Å². The van der Waals surface area contributed by atoms with Crippen molar-refractivity contribution < 1.29 is 14.8 Å². The number of benzene rings is 3. The Kier molecular flexibility index (Phi) is 5.45. The Bertz CT molecular complexity index is 1390. The number of rotatable bonds is 6. The molecule has 0 saturated heterocycles. The van der Waals surface area contributed by atoms with Crippen LogP contribution in [0.15, 0.2) is 88.6 Å². The lowest BCUT2D eigenvalue weighted by atomic mass is 10.1. The molecule has 0 fully saturated rings. The summed E-state index contributed by atoms with van der Waals surface area (Å²) in [7, 11) is 0. The highest BCUT2D eigenvalue weighted by atomic mass is 16.6. The van der Waals surface area contributed by atoms with Crippen LogP contribution in [0.1, 0.15) is 15.9 Å². The first kappa shape index (κ1) is 20.5. The molecular weight excluding hydrogens is 412 g/mol. The van der Waals surface area contributed by atoms with Gasteiger partial charge in [0, 0.05) is 23.9 Å². The highest BCUT2D eigenvalue weighted by Crippen LogP contribution is 2.26. The summed E-state index contributed by atoms with van der Waals surface area (Å²) in [5.74, 6) is -1.36. The van der Waals surface area contributed by atoms with E-state index in [0.717, 1.165) is 17.7 Å². The van der Waals surface area contributed by atoms with Crippen molar-refractivity contribution in [2.45, 2.75) is 0 Å². The summed E-state index contributed by atoms with van der Waals surface area (Å²) in [6, 6.07) is 21.5. The van der Waals surface area contributed by atoms with E-state index in [9.17, 15) is 24.8 Å². The van der Waals surface area contributed by atoms with Gasteiger partial charge in [0.2, 0.25) is 0 Å². The number of nitro benzene ring substituents is 1. The lowest BCUT2D eigenvalue weighted by Crippen LogP contribution is -2.17. The second kappa shape index (κ2) is 8.52. The van der Waals surface area contributed by atoms with Gasteiger partial charge in [0.1, 0.15) is 0 Å². The number of nitrogens with zero attached hydrogens (tertiary/aromatic N) is 3. The molecule has 0 aliphatic rings. The zero-order chi connectivity index (χ0) is 22.7. The minimum atomic E-state index is -1.36. The molecule has 2 N–H and O–H groups in total. The molecule has 1 aromatic heterocycles. The number of aromatic nitrogens is 2. The first-order chi connectivity index (χ1) is 15.5. The molecule has 0 spiro atoms. The van der Waals surface area contributed by atoms with Gasteiger partial charge in [-0.25, -0.2) is 9.48 Å². The molecule has 0 aliphatic carbocycles. The van der Waals surface area contributed by atoms with E-state index in [2.05, 4.69) is 10.1 Å². The lowest BCUT2D eigenvalue weighted by Gasteiger charge is -2.02. The number of hydrogen-bond donors (Lipinski definition) is 2. The second-order valence-electron chi connectivity index (χ2n) is 6.76. The average molecular weight is 428 g/mol. The summed E-state index contributed by atoms with van der Waals surface area (Å²) in [4.78, 5) is 39.2. The number of carbonyl (C=O) groups is 1. The summed E-state index contributed by atoms with van der Waals surface area (Å²) in [5, 5.41) is 23.5. The van der Waals surface area contributed by atoms with Crippen LogP contribution in [-0.2, 0) is 0 Å². The highest BCUT2D eigenvalue weighted by molar-refractivity contribution is 5.97. The number of aliphatic imine (C=N–C) groups is 1. The van der Waals surface area contributed by atoms with Crippen LogP contribution in [0.2, 0.25) is 0 Å². The molecule has 3 aromatic carbocycles. The number of aromatic amines is 1.